The van der Waals surface area contributed by atoms with Crippen LogP contribution in [0.1, 0.15) is 5.69 Å². The largest absolute Gasteiger partial charge is 0.241 e. The van der Waals surface area contributed by atoms with Crippen LogP contribution in [0.4, 0.5) is 0 Å². The molecule has 0 amide bonds. The minimum atomic E-state index is -1.27. The zero-order valence-electron chi connectivity index (χ0n) is 15.5. The van der Waals surface area contributed by atoms with Crippen LogP contribution < -0.4 is 0 Å². The van der Waals surface area contributed by atoms with E-state index in [4.69, 9.17) is 4.98 Å². The molecule has 1 nitrogen and oxygen atoms in total. The van der Waals surface area contributed by atoms with Gasteiger partial charge in [0, 0.05) is 11.1 Å². The molecule has 4 rings (SSSR count). The maximum atomic E-state index is 5.10. The third-order valence-corrected chi connectivity index (χ3v) is 7.03. The summed E-state index contributed by atoms with van der Waals surface area (Å²) in [5.74, 6) is 0. The maximum absolute atomic E-state index is 5.10. The highest BCUT2D eigenvalue weighted by molar-refractivity contribution is 7.18. The van der Waals surface area contributed by atoms with Crippen molar-refractivity contribution >= 4 is 30.2 Å². The third-order valence-electron chi connectivity index (χ3n) is 4.45. The van der Waals surface area contributed by atoms with E-state index in [9.17, 15) is 0 Å². The molecular weight excluding hydrogens is 350 g/mol. The summed E-state index contributed by atoms with van der Waals surface area (Å²) in [7, 11) is -1.27. The van der Waals surface area contributed by atoms with Crippen LogP contribution in [0.15, 0.2) is 72.8 Å². The highest BCUT2D eigenvalue weighted by Gasteiger charge is 2.22. The van der Waals surface area contributed by atoms with Crippen molar-refractivity contribution in [1.82, 2.24) is 4.98 Å². The summed E-state index contributed by atoms with van der Waals surface area (Å²) in [4.78, 5) is 6.44. The second-order valence-corrected chi connectivity index (χ2v) is 14.4. The highest BCUT2D eigenvalue weighted by atomic mass is 32.1. The fraction of sp³-hybridized carbons (Fsp3) is 0.174. The van der Waals surface area contributed by atoms with Crippen molar-refractivity contribution < 1.29 is 0 Å². The summed E-state index contributed by atoms with van der Waals surface area (Å²) in [6.07, 6.45) is 0. The zero-order chi connectivity index (χ0) is 18.1. The van der Waals surface area contributed by atoms with E-state index in [0.29, 0.717) is 0 Å². The van der Waals surface area contributed by atoms with Gasteiger partial charge in [-0.25, -0.2) is 4.98 Å². The predicted molar refractivity (Wildman–Crippen MR) is 118 cm³/mol. The smallest absolute Gasteiger partial charge is 0.124 e. The number of hydrogen-bond acceptors (Lipinski definition) is 2. The molecule has 0 aliphatic rings. The molecule has 1 aromatic heterocycles. The van der Waals surface area contributed by atoms with Crippen LogP contribution in [0.5, 0.6) is 0 Å². The fourth-order valence-corrected chi connectivity index (χ4v) is 5.83. The molecule has 130 valence electrons. The van der Waals surface area contributed by atoms with Crippen LogP contribution in [0, 0.1) is 0 Å². The molecule has 0 radical (unpaired) electrons. The second-order valence-electron chi connectivity index (χ2n) is 7.93. The van der Waals surface area contributed by atoms with Gasteiger partial charge < -0.3 is 0 Å². The van der Waals surface area contributed by atoms with Crippen molar-refractivity contribution in [3.8, 4) is 21.0 Å². The van der Waals surface area contributed by atoms with E-state index >= 15 is 0 Å². The number of rotatable bonds is 4. The molecule has 0 atom stereocenters. The fourth-order valence-electron chi connectivity index (χ4n) is 3.31. The lowest BCUT2D eigenvalue weighted by atomic mass is 10.0. The van der Waals surface area contributed by atoms with Gasteiger partial charge in [-0.05, 0) is 16.8 Å². The molecule has 4 aromatic rings. The van der Waals surface area contributed by atoms with Crippen molar-refractivity contribution in [3.05, 3.63) is 78.5 Å². The van der Waals surface area contributed by atoms with Gasteiger partial charge in [0.05, 0.1) is 18.6 Å². The van der Waals surface area contributed by atoms with Gasteiger partial charge in [-0.3, -0.25) is 0 Å². The molecule has 0 unspecified atom stereocenters. The van der Waals surface area contributed by atoms with Gasteiger partial charge >= 0.3 is 0 Å². The lowest BCUT2D eigenvalue weighted by molar-refractivity contribution is 1.19. The Morgan fingerprint density at radius 1 is 0.808 bits per heavy atom. The number of hydrogen-bond donors (Lipinski definition) is 0. The van der Waals surface area contributed by atoms with E-state index in [2.05, 4.69) is 92.4 Å². The SMILES string of the molecule is C[Si](C)(C)Cc1nc(-c2ccccc2)sc1-c1cccc2ccccc12. The molecule has 0 aliphatic heterocycles. The van der Waals surface area contributed by atoms with Gasteiger partial charge in [0.15, 0.2) is 0 Å². The van der Waals surface area contributed by atoms with Crippen LogP contribution in [-0.2, 0) is 6.04 Å². The van der Waals surface area contributed by atoms with E-state index in [0.717, 1.165) is 11.1 Å². The summed E-state index contributed by atoms with van der Waals surface area (Å²) in [5.41, 5.74) is 3.79. The van der Waals surface area contributed by atoms with Crippen molar-refractivity contribution in [2.75, 3.05) is 0 Å². The normalized spacial score (nSPS) is 11.8. The van der Waals surface area contributed by atoms with Gasteiger partial charge in [-0.2, -0.15) is 0 Å². The predicted octanol–water partition coefficient (Wildman–Crippen LogP) is 7.05. The maximum Gasteiger partial charge on any atom is 0.124 e. The average Bonchev–Trinajstić information content (AvgIpc) is 3.04. The first kappa shape index (κ1) is 17.2. The molecule has 0 fully saturated rings. The second kappa shape index (κ2) is 6.82. The minimum Gasteiger partial charge on any atom is -0.241 e. The van der Waals surface area contributed by atoms with Gasteiger partial charge in [0.25, 0.3) is 0 Å². The van der Waals surface area contributed by atoms with Gasteiger partial charge in [-0.15, -0.1) is 11.3 Å². The van der Waals surface area contributed by atoms with Crippen molar-refractivity contribution in [3.63, 3.8) is 0 Å². The lowest BCUT2D eigenvalue weighted by Gasteiger charge is -2.15. The van der Waals surface area contributed by atoms with E-state index in [-0.39, 0.29) is 0 Å². The first-order valence-corrected chi connectivity index (χ1v) is 13.6. The topological polar surface area (TPSA) is 12.9 Å². The Morgan fingerprint density at radius 2 is 1.50 bits per heavy atom. The number of thiazole rings is 1. The summed E-state index contributed by atoms with van der Waals surface area (Å²) in [6.45, 7) is 7.25. The summed E-state index contributed by atoms with van der Waals surface area (Å²) in [5, 5.41) is 3.73. The molecule has 0 saturated carbocycles. The number of fused-ring (bicyclic) bond motifs is 1. The highest BCUT2D eigenvalue weighted by Crippen LogP contribution is 2.39. The summed E-state index contributed by atoms with van der Waals surface area (Å²) >= 11 is 1.83. The van der Waals surface area contributed by atoms with E-state index in [1.165, 1.54) is 32.5 Å². The molecule has 0 spiro atoms. The third kappa shape index (κ3) is 3.50. The Labute approximate surface area is 160 Å². The standard InChI is InChI=1S/C23H23NSSi/c1-26(2,3)16-21-22(25-23(24-21)18-11-5-4-6-12-18)20-15-9-13-17-10-7-8-14-19(17)20/h4-15H,16H2,1-3H3. The number of nitrogens with zero attached hydrogens (tertiary/aromatic N) is 1. The molecular formula is C23H23NSSi. The molecule has 1 heterocycles. The quantitative estimate of drug-likeness (QED) is 0.349. The Morgan fingerprint density at radius 3 is 2.27 bits per heavy atom. The lowest BCUT2D eigenvalue weighted by Crippen LogP contribution is -2.24. The zero-order valence-corrected chi connectivity index (χ0v) is 17.3. The minimum absolute atomic E-state index is 1.11. The first-order chi connectivity index (χ1) is 12.5. The Kier molecular flexibility index (Phi) is 4.51. The van der Waals surface area contributed by atoms with Crippen LogP contribution in [0.2, 0.25) is 19.6 Å². The van der Waals surface area contributed by atoms with Crippen molar-refractivity contribution in [1.29, 1.82) is 0 Å². The molecule has 0 N–H and O–H groups in total. The van der Waals surface area contributed by atoms with Gasteiger partial charge in [0.2, 0.25) is 0 Å². The Balaban J connectivity index is 1.92. The molecule has 0 bridgehead atoms. The summed E-state index contributed by atoms with van der Waals surface area (Å²) < 4.78 is 0. The van der Waals surface area contributed by atoms with E-state index in [1.54, 1.807) is 0 Å². The first-order valence-electron chi connectivity index (χ1n) is 9.04. The molecule has 26 heavy (non-hydrogen) atoms. The molecule has 3 aromatic carbocycles. The Bertz CT molecular complexity index is 1040. The molecule has 3 heteroatoms. The Hall–Kier alpha value is -2.23. The van der Waals surface area contributed by atoms with Crippen molar-refractivity contribution in [2.45, 2.75) is 25.7 Å². The number of aromatic nitrogens is 1. The summed E-state index contributed by atoms with van der Waals surface area (Å²) in [6, 6.07) is 26.9. The average molecular weight is 374 g/mol. The van der Waals surface area contributed by atoms with E-state index in [1.807, 2.05) is 11.3 Å². The van der Waals surface area contributed by atoms with Crippen LogP contribution in [0.25, 0.3) is 31.8 Å². The van der Waals surface area contributed by atoms with Gasteiger partial charge in [0.1, 0.15) is 5.01 Å². The van der Waals surface area contributed by atoms with Crippen LogP contribution in [0.3, 0.4) is 0 Å². The molecule has 0 saturated heterocycles. The molecule has 0 aliphatic carbocycles. The van der Waals surface area contributed by atoms with Crippen LogP contribution >= 0.6 is 11.3 Å². The monoisotopic (exact) mass is 373 g/mol. The van der Waals surface area contributed by atoms with Crippen LogP contribution in [-0.4, -0.2) is 13.1 Å². The van der Waals surface area contributed by atoms with Gasteiger partial charge in [-0.1, -0.05) is 92.4 Å². The van der Waals surface area contributed by atoms with E-state index < -0.39 is 8.07 Å². The van der Waals surface area contributed by atoms with Crippen molar-refractivity contribution in [2.24, 2.45) is 0 Å². The number of benzene rings is 3.